The van der Waals surface area contributed by atoms with Crippen molar-refractivity contribution in [2.45, 2.75) is 0 Å². The molecule has 0 saturated heterocycles. The number of rotatable bonds is 10. The van der Waals surface area contributed by atoms with Crippen LogP contribution in [0.25, 0.3) is 241 Å². The largest absolute Gasteiger partial charge is 0.0616 e. The Bertz CT molecular complexity index is 8190. The fourth-order valence-corrected chi connectivity index (χ4v) is 19.2. The molecule has 0 saturated carbocycles. The highest BCUT2D eigenvalue weighted by atomic mass is 14.3. The Hall–Kier alpha value is -15.6. The second-order valence-electron chi connectivity index (χ2n) is 32.1. The molecule has 0 nitrogen and oxygen atoms in total. The van der Waals surface area contributed by atoms with Gasteiger partial charge in [0.15, 0.2) is 0 Å². The van der Waals surface area contributed by atoms with E-state index in [2.05, 4.69) is 461 Å². The maximum absolute atomic E-state index is 2.45. The summed E-state index contributed by atoms with van der Waals surface area (Å²) in [5.74, 6) is 0. The van der Waals surface area contributed by atoms with Gasteiger partial charge in [0.25, 0.3) is 0 Å². The van der Waals surface area contributed by atoms with E-state index < -0.39 is 0 Å². The minimum absolute atomic E-state index is 1.20. The van der Waals surface area contributed by atoms with E-state index in [1.807, 2.05) is 0 Å². The smallest absolute Gasteiger partial charge is 0.00206 e. The monoisotopic (exact) mass is 1520 g/mol. The number of hydrogen-bond donors (Lipinski definition) is 0. The lowest BCUT2D eigenvalue weighted by molar-refractivity contribution is 1.62. The van der Waals surface area contributed by atoms with Crippen molar-refractivity contribution in [3.8, 4) is 111 Å². The first-order valence-electron chi connectivity index (χ1n) is 41.6. The average Bonchev–Trinajstić information content (AvgIpc) is 0.746. The van der Waals surface area contributed by atoms with E-state index in [-0.39, 0.29) is 0 Å². The average molecular weight is 1520 g/mol. The van der Waals surface area contributed by atoms with Crippen LogP contribution in [-0.2, 0) is 0 Å². The molecule has 24 aromatic rings. The van der Waals surface area contributed by atoms with E-state index in [9.17, 15) is 0 Å². The van der Waals surface area contributed by atoms with Crippen LogP contribution in [0.4, 0.5) is 0 Å². The molecule has 24 rings (SSSR count). The molecule has 0 heterocycles. The molecule has 0 fully saturated rings. The summed E-state index contributed by atoms with van der Waals surface area (Å²) in [5, 5.41) is 29.9. The van der Waals surface area contributed by atoms with Gasteiger partial charge in [-0.15, -0.1) is 0 Å². The number of hydrogen-bond acceptors (Lipinski definition) is 0. The summed E-state index contributed by atoms with van der Waals surface area (Å²) in [6.45, 7) is 0. The molecule has 0 spiro atoms. The summed E-state index contributed by atoms with van der Waals surface area (Å²) in [6.07, 6.45) is 0. The van der Waals surface area contributed by atoms with Crippen molar-refractivity contribution in [3.05, 3.63) is 461 Å². The lowest BCUT2D eigenvalue weighted by Gasteiger charge is -2.18. The third-order valence-corrected chi connectivity index (χ3v) is 25.2. The van der Waals surface area contributed by atoms with E-state index in [1.165, 1.54) is 241 Å². The molecule has 120 heavy (non-hydrogen) atoms. The molecule has 0 N–H and O–H groups in total. The molecule has 0 aromatic heterocycles. The molecular weight excluding hydrogens is 1440 g/mol. The second kappa shape index (κ2) is 29.3. The Morgan fingerprint density at radius 1 is 0.0917 bits per heavy atom. The van der Waals surface area contributed by atoms with Gasteiger partial charge in [0.2, 0.25) is 0 Å². The van der Waals surface area contributed by atoms with Crippen LogP contribution >= 0.6 is 0 Å². The van der Waals surface area contributed by atoms with Crippen molar-refractivity contribution in [2.24, 2.45) is 0 Å². The zero-order valence-electron chi connectivity index (χ0n) is 65.9. The predicted molar refractivity (Wildman–Crippen MR) is 517 cm³/mol. The van der Waals surface area contributed by atoms with Crippen LogP contribution in [0.1, 0.15) is 0 Å². The van der Waals surface area contributed by atoms with Crippen LogP contribution in [0, 0.1) is 0 Å². The third kappa shape index (κ3) is 12.5. The van der Waals surface area contributed by atoms with Crippen molar-refractivity contribution in [1.82, 2.24) is 0 Å². The van der Waals surface area contributed by atoms with Crippen LogP contribution in [-0.4, -0.2) is 0 Å². The molecule has 0 bridgehead atoms. The molecule has 0 aliphatic rings. The molecule has 24 aromatic carbocycles. The number of benzene rings is 24. The van der Waals surface area contributed by atoms with Gasteiger partial charge in [-0.1, -0.05) is 388 Å². The van der Waals surface area contributed by atoms with Gasteiger partial charge in [-0.3, -0.25) is 0 Å². The van der Waals surface area contributed by atoms with E-state index >= 15 is 0 Å². The highest BCUT2D eigenvalue weighted by Gasteiger charge is 2.22. The lowest BCUT2D eigenvalue weighted by atomic mass is 9.85. The van der Waals surface area contributed by atoms with E-state index in [1.54, 1.807) is 0 Å². The van der Waals surface area contributed by atoms with Crippen LogP contribution in [0.2, 0.25) is 0 Å². The van der Waals surface area contributed by atoms with Crippen LogP contribution in [0.15, 0.2) is 461 Å². The summed E-state index contributed by atoms with van der Waals surface area (Å²) in [7, 11) is 0. The standard InChI is InChI=1S/2C60H38/c1-4-15-43-33-46(26-23-39(43)11-1)50-37-51-36-47(29-30-54(51)59(38-50)57-21-9-18-42-14-7-8-19-52(42)57)53-31-32-56(49-28-25-41-13-3-6-17-45(41)35-49)60-55(20-10-22-58(53)60)48-27-24-40-12-2-5-16-44(40)34-48;1-3-15-44-33-46(26-23-39(44)11-1)47-27-25-43-29-32-56(48-28-24-40-12-2-4-16-45(40)34-48)60(58(43)37-47)49-30-31-55-50(35-49)36-51(54-21-9-17-41-13-5-7-19-52(41)54)38-59(55)57-22-10-18-42-14-6-8-20-53(42)57/h2*1-38H. The maximum Gasteiger partial charge on any atom is -0.00206 e. The normalized spacial score (nSPS) is 11.7. The molecule has 0 aliphatic carbocycles. The van der Waals surface area contributed by atoms with Gasteiger partial charge < -0.3 is 0 Å². The zero-order chi connectivity index (χ0) is 79.1. The summed E-state index contributed by atoms with van der Waals surface area (Å²) < 4.78 is 0. The Kier molecular flexibility index (Phi) is 17.1. The highest BCUT2D eigenvalue weighted by Crippen LogP contribution is 2.49. The van der Waals surface area contributed by atoms with Crippen molar-refractivity contribution in [3.63, 3.8) is 0 Å². The van der Waals surface area contributed by atoms with Crippen LogP contribution < -0.4 is 0 Å². The molecule has 0 unspecified atom stereocenters. The Morgan fingerprint density at radius 3 is 0.858 bits per heavy atom. The van der Waals surface area contributed by atoms with Crippen molar-refractivity contribution >= 4 is 129 Å². The highest BCUT2D eigenvalue weighted by molar-refractivity contribution is 6.17. The first-order chi connectivity index (χ1) is 59.4. The second-order valence-corrected chi connectivity index (χ2v) is 32.1. The lowest BCUT2D eigenvalue weighted by Crippen LogP contribution is -1.92. The Morgan fingerprint density at radius 2 is 0.350 bits per heavy atom. The third-order valence-electron chi connectivity index (χ3n) is 25.2. The summed E-state index contributed by atoms with van der Waals surface area (Å²) in [4.78, 5) is 0. The summed E-state index contributed by atoms with van der Waals surface area (Å²) in [6, 6.07) is 171. The molecular formula is C120H76. The molecule has 0 radical (unpaired) electrons. The van der Waals surface area contributed by atoms with Gasteiger partial charge in [0.05, 0.1) is 0 Å². The van der Waals surface area contributed by atoms with Gasteiger partial charge in [-0.2, -0.15) is 0 Å². The van der Waals surface area contributed by atoms with Gasteiger partial charge in [0.1, 0.15) is 0 Å². The topological polar surface area (TPSA) is 0 Å². The first-order valence-corrected chi connectivity index (χ1v) is 41.6. The maximum atomic E-state index is 2.45. The van der Waals surface area contributed by atoms with Crippen molar-refractivity contribution < 1.29 is 0 Å². The molecule has 0 amide bonds. The fourth-order valence-electron chi connectivity index (χ4n) is 19.2. The first kappa shape index (κ1) is 69.9. The van der Waals surface area contributed by atoms with Crippen LogP contribution in [0.5, 0.6) is 0 Å². The minimum Gasteiger partial charge on any atom is -0.0616 e. The van der Waals surface area contributed by atoms with Gasteiger partial charge in [-0.05, 0) is 313 Å². The van der Waals surface area contributed by atoms with E-state index in [0.717, 1.165) is 0 Å². The Balaban J connectivity index is 0.000000140. The van der Waals surface area contributed by atoms with Gasteiger partial charge >= 0.3 is 0 Å². The summed E-state index contributed by atoms with van der Waals surface area (Å²) in [5.41, 5.74) is 24.5. The quantitative estimate of drug-likeness (QED) is 0.128. The predicted octanol–water partition coefficient (Wildman–Crippen LogP) is 33.9. The number of fused-ring (bicyclic) bond motifs is 12. The molecule has 0 atom stereocenters. The van der Waals surface area contributed by atoms with Crippen molar-refractivity contribution in [1.29, 1.82) is 0 Å². The molecule has 556 valence electrons. The SMILES string of the molecule is c1ccc2cc(-c3cc(-c4cccc5ccccc45)c4ccc(-c5ccc(-c6ccc7ccccc7c6)c6c(-c7ccc8ccccc8c7)cccc56)cc4c3)ccc2c1.c1ccc2cc(-c3ccc4ccc(-c5ccc6ccccc6c5)c(-c5ccc6c(-c7cccc8ccccc78)cc(-c7cccc8ccccc78)cc6c5)c4c3)ccc2c1. The van der Waals surface area contributed by atoms with E-state index in [0.29, 0.717) is 0 Å². The Labute approximate surface area is 696 Å². The van der Waals surface area contributed by atoms with Gasteiger partial charge in [-0.25, -0.2) is 0 Å². The molecule has 0 aliphatic heterocycles. The van der Waals surface area contributed by atoms with Crippen molar-refractivity contribution in [2.75, 3.05) is 0 Å². The minimum atomic E-state index is 1.20. The van der Waals surface area contributed by atoms with Gasteiger partial charge in [0, 0.05) is 0 Å². The van der Waals surface area contributed by atoms with Crippen LogP contribution in [0.3, 0.4) is 0 Å². The van der Waals surface area contributed by atoms with E-state index in [4.69, 9.17) is 0 Å². The molecule has 0 heteroatoms. The zero-order valence-corrected chi connectivity index (χ0v) is 65.9. The summed E-state index contributed by atoms with van der Waals surface area (Å²) >= 11 is 0. The fraction of sp³-hybridized carbons (Fsp3) is 0.